The molecule has 1 saturated heterocycles. The zero-order valence-electron chi connectivity index (χ0n) is 16.3. The number of piperidine rings is 1. The van der Waals surface area contributed by atoms with Crippen LogP contribution in [0.15, 0.2) is 4.99 Å². The fourth-order valence-corrected chi connectivity index (χ4v) is 3.19. The fourth-order valence-electron chi connectivity index (χ4n) is 2.77. The molecule has 1 heterocycles. The van der Waals surface area contributed by atoms with Gasteiger partial charge in [0.15, 0.2) is 5.96 Å². The van der Waals surface area contributed by atoms with E-state index in [1.807, 2.05) is 6.92 Å². The third-order valence-electron chi connectivity index (χ3n) is 4.32. The third kappa shape index (κ3) is 10.0. The van der Waals surface area contributed by atoms with Crippen LogP contribution in [0.5, 0.6) is 0 Å². The van der Waals surface area contributed by atoms with Crippen molar-refractivity contribution in [1.29, 1.82) is 0 Å². The van der Waals surface area contributed by atoms with Crippen LogP contribution in [-0.4, -0.2) is 82.8 Å². The summed E-state index contributed by atoms with van der Waals surface area (Å²) in [5, 5.41) is 6.48. The zero-order chi connectivity index (χ0) is 18.8. The van der Waals surface area contributed by atoms with Crippen LogP contribution in [0.25, 0.3) is 0 Å². The maximum Gasteiger partial charge on any atom is 0.191 e. The first-order chi connectivity index (χ1) is 11.7. The first-order valence-electron chi connectivity index (χ1n) is 9.27. The number of sulfone groups is 1. The lowest BCUT2D eigenvalue weighted by molar-refractivity contribution is 0.102. The summed E-state index contributed by atoms with van der Waals surface area (Å²) in [7, 11) is -2.96. The highest BCUT2D eigenvalue weighted by molar-refractivity contribution is 7.90. The molecular weight excluding hydrogens is 340 g/mol. The molecule has 1 aliphatic heterocycles. The molecule has 0 atom stereocenters. The minimum atomic E-state index is -2.96. The molecule has 7 nitrogen and oxygen atoms in total. The van der Waals surface area contributed by atoms with Crippen molar-refractivity contribution in [3.8, 4) is 0 Å². The number of guanidine groups is 1. The van der Waals surface area contributed by atoms with E-state index in [1.165, 1.54) is 25.5 Å². The number of nitrogens with one attached hydrogen (secondary N) is 2. The van der Waals surface area contributed by atoms with E-state index in [0.717, 1.165) is 32.1 Å². The van der Waals surface area contributed by atoms with Crippen molar-refractivity contribution >= 4 is 15.8 Å². The molecule has 0 unspecified atom stereocenters. The number of hydrogen-bond acceptors (Lipinski definition) is 5. The summed E-state index contributed by atoms with van der Waals surface area (Å²) < 4.78 is 27.4. The quantitative estimate of drug-likeness (QED) is 0.334. The second kappa shape index (κ2) is 11.0. The Bertz CT molecular complexity index is 500. The smallest absolute Gasteiger partial charge is 0.191 e. The summed E-state index contributed by atoms with van der Waals surface area (Å²) in [5.41, 5.74) is 0.0504. The summed E-state index contributed by atoms with van der Waals surface area (Å²) in [6.07, 6.45) is 5.10. The average molecular weight is 377 g/mol. The number of rotatable bonds is 10. The highest BCUT2D eigenvalue weighted by atomic mass is 32.2. The first-order valence-corrected chi connectivity index (χ1v) is 11.3. The molecule has 148 valence electrons. The van der Waals surface area contributed by atoms with Crippen LogP contribution in [0.2, 0.25) is 0 Å². The number of aliphatic imine (C=N–C) groups is 1. The van der Waals surface area contributed by atoms with Crippen LogP contribution in [0, 0.1) is 0 Å². The van der Waals surface area contributed by atoms with Gasteiger partial charge in [-0.15, -0.1) is 0 Å². The van der Waals surface area contributed by atoms with E-state index in [-0.39, 0.29) is 17.9 Å². The molecule has 0 aromatic heterocycles. The van der Waals surface area contributed by atoms with Crippen molar-refractivity contribution in [3.05, 3.63) is 0 Å². The van der Waals surface area contributed by atoms with Gasteiger partial charge < -0.3 is 15.4 Å². The van der Waals surface area contributed by atoms with Gasteiger partial charge in [0.25, 0.3) is 0 Å². The number of likely N-dealkylation sites (tertiary alicyclic amines) is 1. The molecule has 0 bridgehead atoms. The highest BCUT2D eigenvalue weighted by Gasteiger charge is 2.27. The Morgan fingerprint density at radius 1 is 1.16 bits per heavy atom. The van der Waals surface area contributed by atoms with Gasteiger partial charge in [-0.05, 0) is 46.7 Å². The van der Waals surface area contributed by atoms with Gasteiger partial charge in [-0.2, -0.15) is 0 Å². The lowest BCUT2D eigenvalue weighted by Crippen LogP contribution is -2.49. The SMILES string of the molecule is CCNC(=NCC(C)(C)N1CCCCC1)NCCOCCS(C)(=O)=O. The molecule has 0 saturated carbocycles. The van der Waals surface area contributed by atoms with Crippen LogP contribution in [0.4, 0.5) is 0 Å². The summed E-state index contributed by atoms with van der Waals surface area (Å²) in [4.78, 5) is 7.24. The molecular formula is C17H36N4O3S. The van der Waals surface area contributed by atoms with Crippen molar-refractivity contribution in [2.75, 3.05) is 57.9 Å². The summed E-state index contributed by atoms with van der Waals surface area (Å²) in [6, 6.07) is 0. The fraction of sp³-hybridized carbons (Fsp3) is 0.941. The molecule has 0 spiro atoms. The molecule has 2 N–H and O–H groups in total. The van der Waals surface area contributed by atoms with Crippen LogP contribution in [0.3, 0.4) is 0 Å². The molecule has 0 aliphatic carbocycles. The van der Waals surface area contributed by atoms with Crippen molar-refractivity contribution in [2.24, 2.45) is 4.99 Å². The van der Waals surface area contributed by atoms with Gasteiger partial charge in [-0.3, -0.25) is 9.89 Å². The summed E-state index contributed by atoms with van der Waals surface area (Å²) >= 11 is 0. The second-order valence-corrected chi connectivity index (χ2v) is 9.48. The minimum Gasteiger partial charge on any atom is -0.379 e. The van der Waals surface area contributed by atoms with Crippen molar-refractivity contribution in [1.82, 2.24) is 15.5 Å². The van der Waals surface area contributed by atoms with E-state index < -0.39 is 9.84 Å². The van der Waals surface area contributed by atoms with Crippen LogP contribution < -0.4 is 10.6 Å². The molecule has 1 rings (SSSR count). The van der Waals surface area contributed by atoms with Crippen molar-refractivity contribution in [2.45, 2.75) is 45.6 Å². The predicted molar refractivity (Wildman–Crippen MR) is 104 cm³/mol. The Morgan fingerprint density at radius 2 is 1.84 bits per heavy atom. The molecule has 8 heteroatoms. The van der Waals surface area contributed by atoms with Gasteiger partial charge in [-0.1, -0.05) is 6.42 Å². The molecule has 0 radical (unpaired) electrons. The Labute approximate surface area is 153 Å². The van der Waals surface area contributed by atoms with Crippen LogP contribution in [-0.2, 0) is 14.6 Å². The number of nitrogens with zero attached hydrogens (tertiary/aromatic N) is 2. The highest BCUT2D eigenvalue weighted by Crippen LogP contribution is 2.20. The average Bonchev–Trinajstić information content (AvgIpc) is 2.55. The zero-order valence-corrected chi connectivity index (χ0v) is 17.1. The lowest BCUT2D eigenvalue weighted by atomic mass is 9.99. The molecule has 1 aliphatic rings. The van der Waals surface area contributed by atoms with Crippen molar-refractivity contribution in [3.63, 3.8) is 0 Å². The summed E-state index contributed by atoms with van der Waals surface area (Å²) in [6.45, 7) is 11.7. The van der Waals surface area contributed by atoms with E-state index in [9.17, 15) is 8.42 Å². The maximum atomic E-state index is 11.0. The van der Waals surface area contributed by atoms with Crippen molar-refractivity contribution < 1.29 is 13.2 Å². The van der Waals surface area contributed by atoms with Gasteiger partial charge in [0.05, 0.1) is 25.5 Å². The Morgan fingerprint density at radius 3 is 2.44 bits per heavy atom. The molecule has 25 heavy (non-hydrogen) atoms. The standard InChI is InChI=1S/C17H36N4O3S/c1-5-18-16(19-9-12-24-13-14-25(4,22)23)20-15-17(2,3)21-10-7-6-8-11-21/h5-15H2,1-4H3,(H2,18,19,20). The normalized spacial score (nSPS) is 17.5. The Balaban J connectivity index is 2.37. The van der Waals surface area contributed by atoms with E-state index >= 15 is 0 Å². The summed E-state index contributed by atoms with van der Waals surface area (Å²) in [5.74, 6) is 0.838. The third-order valence-corrected chi connectivity index (χ3v) is 5.23. The Kier molecular flexibility index (Phi) is 9.74. The molecule has 0 aromatic carbocycles. The van der Waals surface area contributed by atoms with Gasteiger partial charge in [0.2, 0.25) is 0 Å². The Hall–Kier alpha value is -0.860. The topological polar surface area (TPSA) is 83.0 Å². The number of ether oxygens (including phenoxy) is 1. The van der Waals surface area contributed by atoms with E-state index in [4.69, 9.17) is 9.73 Å². The molecule has 1 fully saturated rings. The molecule has 0 amide bonds. The lowest BCUT2D eigenvalue weighted by Gasteiger charge is -2.40. The van der Waals surface area contributed by atoms with E-state index in [1.54, 1.807) is 0 Å². The first kappa shape index (κ1) is 22.2. The van der Waals surface area contributed by atoms with Gasteiger partial charge in [0.1, 0.15) is 9.84 Å². The van der Waals surface area contributed by atoms with E-state index in [0.29, 0.717) is 13.2 Å². The van der Waals surface area contributed by atoms with E-state index in [2.05, 4.69) is 29.4 Å². The van der Waals surface area contributed by atoms with Gasteiger partial charge in [0, 0.05) is 24.9 Å². The maximum absolute atomic E-state index is 11.0. The molecule has 0 aromatic rings. The number of hydrogen-bond donors (Lipinski definition) is 2. The van der Waals surface area contributed by atoms with Crippen LogP contribution >= 0.6 is 0 Å². The monoisotopic (exact) mass is 376 g/mol. The predicted octanol–water partition coefficient (Wildman–Crippen LogP) is 0.867. The second-order valence-electron chi connectivity index (χ2n) is 7.22. The minimum absolute atomic E-state index is 0.0504. The van der Waals surface area contributed by atoms with Crippen LogP contribution in [0.1, 0.15) is 40.0 Å². The van der Waals surface area contributed by atoms with Gasteiger partial charge in [-0.25, -0.2) is 8.42 Å². The van der Waals surface area contributed by atoms with Gasteiger partial charge >= 0.3 is 0 Å². The largest absolute Gasteiger partial charge is 0.379 e.